The molecule has 3 rings (SSSR count). The third-order valence-corrected chi connectivity index (χ3v) is 5.30. The zero-order valence-electron chi connectivity index (χ0n) is 10.2. The van der Waals surface area contributed by atoms with E-state index in [9.17, 15) is 13.2 Å². The van der Waals surface area contributed by atoms with Gasteiger partial charge in [-0.2, -0.15) is 0 Å². The summed E-state index contributed by atoms with van der Waals surface area (Å²) in [6.45, 7) is 0.568. The third kappa shape index (κ3) is 2.00. The van der Waals surface area contributed by atoms with Crippen LogP contribution in [0, 0.1) is 0 Å². The molecule has 1 aromatic carbocycles. The highest BCUT2D eigenvalue weighted by Gasteiger charge is 2.34. The maximum absolute atomic E-state index is 12.5. The lowest BCUT2D eigenvalue weighted by Gasteiger charge is -2.28. The lowest BCUT2D eigenvalue weighted by molar-refractivity contribution is -0.127. The van der Waals surface area contributed by atoms with E-state index >= 15 is 0 Å². The van der Waals surface area contributed by atoms with Gasteiger partial charge in [-0.15, -0.1) is 0 Å². The van der Waals surface area contributed by atoms with Crippen LogP contribution < -0.4 is 0 Å². The molecule has 5 heteroatoms. The predicted molar refractivity (Wildman–Crippen MR) is 71.0 cm³/mol. The standard InChI is InChI=1S/C14H13NO3S/c16-14-10-13(9-11-5-4-8-15(11)14)19(17,18)12-6-2-1-3-7-12/h1-7,10-11H,8-9H2. The number of carbonyl (C=O) groups excluding carboxylic acids is 1. The van der Waals surface area contributed by atoms with Gasteiger partial charge in [0.1, 0.15) is 0 Å². The molecule has 0 spiro atoms. The van der Waals surface area contributed by atoms with Gasteiger partial charge in [0, 0.05) is 19.0 Å². The fourth-order valence-electron chi connectivity index (χ4n) is 2.43. The average Bonchev–Trinajstić information content (AvgIpc) is 2.88. The maximum Gasteiger partial charge on any atom is 0.248 e. The Kier molecular flexibility index (Phi) is 2.78. The van der Waals surface area contributed by atoms with Gasteiger partial charge in [0.25, 0.3) is 0 Å². The number of hydrogen-bond donors (Lipinski definition) is 0. The van der Waals surface area contributed by atoms with E-state index in [-0.39, 0.29) is 21.7 Å². The van der Waals surface area contributed by atoms with Gasteiger partial charge in [-0.1, -0.05) is 30.4 Å². The van der Waals surface area contributed by atoms with E-state index < -0.39 is 9.84 Å². The van der Waals surface area contributed by atoms with Crippen molar-refractivity contribution in [3.63, 3.8) is 0 Å². The first-order valence-corrected chi connectivity index (χ1v) is 7.55. The van der Waals surface area contributed by atoms with Crippen molar-refractivity contribution in [1.82, 2.24) is 4.90 Å². The average molecular weight is 275 g/mol. The van der Waals surface area contributed by atoms with Crippen LogP contribution in [0.2, 0.25) is 0 Å². The normalized spacial score (nSPS) is 22.3. The number of benzene rings is 1. The van der Waals surface area contributed by atoms with E-state index in [1.807, 2.05) is 12.2 Å². The molecular formula is C14H13NO3S. The smallest absolute Gasteiger partial charge is 0.248 e. The van der Waals surface area contributed by atoms with Gasteiger partial charge < -0.3 is 4.90 Å². The van der Waals surface area contributed by atoms with Crippen LogP contribution in [0.25, 0.3) is 0 Å². The lowest BCUT2D eigenvalue weighted by Crippen LogP contribution is -2.39. The Morgan fingerprint density at radius 1 is 1.16 bits per heavy atom. The molecule has 0 aliphatic carbocycles. The zero-order chi connectivity index (χ0) is 13.5. The second kappa shape index (κ2) is 4.35. The Morgan fingerprint density at radius 3 is 2.63 bits per heavy atom. The molecule has 1 amide bonds. The number of rotatable bonds is 2. The van der Waals surface area contributed by atoms with Crippen LogP contribution >= 0.6 is 0 Å². The van der Waals surface area contributed by atoms with Crippen molar-refractivity contribution in [2.45, 2.75) is 17.4 Å². The van der Waals surface area contributed by atoms with Crippen LogP contribution in [0.15, 0.2) is 58.4 Å². The fraction of sp³-hybridized carbons (Fsp3) is 0.214. The summed E-state index contributed by atoms with van der Waals surface area (Å²) in [5.41, 5.74) is 0. The van der Waals surface area contributed by atoms with E-state index in [0.717, 1.165) is 0 Å². The summed E-state index contributed by atoms with van der Waals surface area (Å²) in [6, 6.07) is 8.11. The molecule has 0 fully saturated rings. The van der Waals surface area contributed by atoms with Gasteiger partial charge in [0.15, 0.2) is 0 Å². The van der Waals surface area contributed by atoms with Crippen LogP contribution in [0.4, 0.5) is 0 Å². The summed E-state index contributed by atoms with van der Waals surface area (Å²) in [5, 5.41) is 0. The summed E-state index contributed by atoms with van der Waals surface area (Å²) < 4.78 is 24.9. The highest BCUT2D eigenvalue weighted by atomic mass is 32.2. The van der Waals surface area contributed by atoms with E-state index in [2.05, 4.69) is 0 Å². The van der Waals surface area contributed by atoms with Gasteiger partial charge in [-0.3, -0.25) is 4.79 Å². The Balaban J connectivity index is 2.01. The first-order chi connectivity index (χ1) is 9.09. The van der Waals surface area contributed by atoms with Crippen LogP contribution in [-0.4, -0.2) is 31.8 Å². The number of sulfone groups is 1. The monoisotopic (exact) mass is 275 g/mol. The molecule has 0 saturated heterocycles. The molecule has 0 radical (unpaired) electrons. The SMILES string of the molecule is O=C1C=C(S(=O)(=O)c2ccccc2)CC2C=CCN12. The van der Waals surface area contributed by atoms with Gasteiger partial charge >= 0.3 is 0 Å². The summed E-state index contributed by atoms with van der Waals surface area (Å²) in [4.78, 5) is 14.0. The molecule has 0 bridgehead atoms. The number of amides is 1. The zero-order valence-corrected chi connectivity index (χ0v) is 11.0. The Bertz CT molecular complexity index is 674. The number of carbonyl (C=O) groups is 1. The summed E-state index contributed by atoms with van der Waals surface area (Å²) in [7, 11) is -3.55. The lowest BCUT2D eigenvalue weighted by atomic mass is 10.1. The molecule has 2 heterocycles. The molecule has 1 unspecified atom stereocenters. The van der Waals surface area contributed by atoms with Crippen LogP contribution in [-0.2, 0) is 14.6 Å². The second-order valence-corrected chi connectivity index (χ2v) is 6.62. The minimum Gasteiger partial charge on any atom is -0.329 e. The van der Waals surface area contributed by atoms with Crippen molar-refractivity contribution in [2.75, 3.05) is 6.54 Å². The molecule has 0 aromatic heterocycles. The van der Waals surface area contributed by atoms with Crippen LogP contribution in [0.5, 0.6) is 0 Å². The van der Waals surface area contributed by atoms with Crippen molar-refractivity contribution in [1.29, 1.82) is 0 Å². The van der Waals surface area contributed by atoms with Crippen molar-refractivity contribution >= 4 is 15.7 Å². The van der Waals surface area contributed by atoms with Gasteiger partial charge in [-0.05, 0) is 12.1 Å². The van der Waals surface area contributed by atoms with Crippen molar-refractivity contribution in [3.8, 4) is 0 Å². The maximum atomic E-state index is 12.5. The van der Waals surface area contributed by atoms with Gasteiger partial charge in [-0.25, -0.2) is 8.42 Å². The van der Waals surface area contributed by atoms with E-state index in [4.69, 9.17) is 0 Å². The fourth-order valence-corrected chi connectivity index (χ4v) is 3.89. The molecule has 4 nitrogen and oxygen atoms in total. The summed E-state index contributed by atoms with van der Waals surface area (Å²) >= 11 is 0. The Hall–Kier alpha value is -1.88. The summed E-state index contributed by atoms with van der Waals surface area (Å²) in [6.07, 6.45) is 5.41. The van der Waals surface area contributed by atoms with Crippen molar-refractivity contribution in [2.24, 2.45) is 0 Å². The molecular weight excluding hydrogens is 262 g/mol. The number of hydrogen-bond acceptors (Lipinski definition) is 3. The molecule has 2 aliphatic heterocycles. The minimum absolute atomic E-state index is 0.119. The first-order valence-electron chi connectivity index (χ1n) is 6.07. The van der Waals surface area contributed by atoms with Crippen LogP contribution in [0.3, 0.4) is 0 Å². The van der Waals surface area contributed by atoms with Gasteiger partial charge in [0.05, 0.1) is 15.8 Å². The number of fused-ring (bicyclic) bond motifs is 1. The van der Waals surface area contributed by atoms with Crippen LogP contribution in [0.1, 0.15) is 6.42 Å². The summed E-state index contributed by atoms with van der Waals surface area (Å²) in [5.74, 6) is -0.226. The van der Waals surface area contributed by atoms with E-state index in [0.29, 0.717) is 13.0 Å². The topological polar surface area (TPSA) is 54.5 Å². The van der Waals surface area contributed by atoms with E-state index in [1.165, 1.54) is 6.08 Å². The Morgan fingerprint density at radius 2 is 1.89 bits per heavy atom. The number of nitrogens with zero attached hydrogens (tertiary/aromatic N) is 1. The molecule has 98 valence electrons. The quantitative estimate of drug-likeness (QED) is 0.769. The van der Waals surface area contributed by atoms with Crippen molar-refractivity contribution < 1.29 is 13.2 Å². The molecule has 19 heavy (non-hydrogen) atoms. The van der Waals surface area contributed by atoms with Crippen molar-refractivity contribution in [3.05, 3.63) is 53.5 Å². The first kappa shape index (κ1) is 12.2. The molecule has 1 atom stereocenters. The highest BCUT2D eigenvalue weighted by Crippen LogP contribution is 2.30. The van der Waals surface area contributed by atoms with E-state index in [1.54, 1.807) is 35.2 Å². The highest BCUT2D eigenvalue weighted by molar-refractivity contribution is 7.95. The minimum atomic E-state index is -3.55. The van der Waals surface area contributed by atoms with Gasteiger partial charge in [0.2, 0.25) is 15.7 Å². The largest absolute Gasteiger partial charge is 0.329 e. The third-order valence-electron chi connectivity index (χ3n) is 3.44. The Labute approximate surface area is 112 Å². The molecule has 2 aliphatic rings. The molecule has 0 saturated carbocycles. The predicted octanol–water partition coefficient (Wildman–Crippen LogP) is 1.51. The molecule has 1 aromatic rings. The second-order valence-electron chi connectivity index (χ2n) is 4.62. The molecule has 0 N–H and O–H groups in total.